The van der Waals surface area contributed by atoms with Crippen molar-refractivity contribution in [2.75, 3.05) is 0 Å². The highest BCUT2D eigenvalue weighted by atomic mass is 16.3. The molecule has 0 saturated heterocycles. The minimum atomic E-state index is -0.354. The van der Waals surface area contributed by atoms with E-state index in [1.54, 1.807) is 12.4 Å². The van der Waals surface area contributed by atoms with Crippen LogP contribution in [0.4, 0.5) is 0 Å². The third kappa shape index (κ3) is 2.28. The molecule has 0 aliphatic rings. The van der Waals surface area contributed by atoms with Crippen molar-refractivity contribution in [3.63, 3.8) is 0 Å². The van der Waals surface area contributed by atoms with Crippen LogP contribution in [0.15, 0.2) is 18.5 Å². The Balaban J connectivity index is 2.88. The number of hydrogen-bond donors (Lipinski definition) is 1. The maximum Gasteiger partial charge on any atom is 0.0819 e. The van der Waals surface area contributed by atoms with E-state index in [0.717, 1.165) is 17.5 Å². The summed E-state index contributed by atoms with van der Waals surface area (Å²) in [6.45, 7) is 6.13. The van der Waals surface area contributed by atoms with Gasteiger partial charge in [-0.2, -0.15) is 0 Å². The highest BCUT2D eigenvalue weighted by Gasteiger charge is 2.15. The summed E-state index contributed by atoms with van der Waals surface area (Å²) >= 11 is 0. The first-order valence-corrected chi connectivity index (χ1v) is 4.75. The molecule has 2 heteroatoms. The molecular weight excluding hydrogens is 162 g/mol. The molecule has 1 heterocycles. The van der Waals surface area contributed by atoms with Crippen molar-refractivity contribution < 1.29 is 5.11 Å². The monoisotopic (exact) mass is 179 g/mol. The van der Waals surface area contributed by atoms with E-state index in [4.69, 9.17) is 0 Å². The van der Waals surface area contributed by atoms with Crippen LogP contribution in [-0.4, -0.2) is 10.1 Å². The molecule has 1 N–H and O–H groups in total. The minimum absolute atomic E-state index is 0.307. The average Bonchev–Trinajstić information content (AvgIpc) is 2.16. The fraction of sp³-hybridized carbons (Fsp3) is 0.545. The lowest BCUT2D eigenvalue weighted by atomic mass is 9.94. The Hall–Kier alpha value is -0.890. The summed E-state index contributed by atoms with van der Waals surface area (Å²) in [5.74, 6) is 0.307. The van der Waals surface area contributed by atoms with Crippen LogP contribution in [0.2, 0.25) is 0 Å². The zero-order chi connectivity index (χ0) is 9.84. The quantitative estimate of drug-likeness (QED) is 0.773. The molecular formula is C11H17NO. The fourth-order valence-corrected chi connectivity index (χ4v) is 1.35. The third-order valence-electron chi connectivity index (χ3n) is 2.57. The Morgan fingerprint density at radius 1 is 1.54 bits per heavy atom. The molecule has 0 amide bonds. The number of aryl methyl sites for hydroxylation is 1. The van der Waals surface area contributed by atoms with Gasteiger partial charge >= 0.3 is 0 Å². The number of nitrogens with zero attached hydrogens (tertiary/aromatic N) is 1. The maximum atomic E-state index is 9.94. The van der Waals surface area contributed by atoms with Gasteiger partial charge in [-0.1, -0.05) is 20.3 Å². The van der Waals surface area contributed by atoms with Crippen LogP contribution in [0.3, 0.4) is 0 Å². The zero-order valence-electron chi connectivity index (χ0n) is 8.49. The van der Waals surface area contributed by atoms with Crippen LogP contribution in [-0.2, 0) is 0 Å². The van der Waals surface area contributed by atoms with Crippen molar-refractivity contribution in [1.82, 2.24) is 4.98 Å². The van der Waals surface area contributed by atoms with Gasteiger partial charge in [0.2, 0.25) is 0 Å². The van der Waals surface area contributed by atoms with Crippen LogP contribution in [0.25, 0.3) is 0 Å². The van der Waals surface area contributed by atoms with E-state index in [-0.39, 0.29) is 6.10 Å². The van der Waals surface area contributed by atoms with Crippen LogP contribution >= 0.6 is 0 Å². The number of rotatable bonds is 3. The van der Waals surface area contributed by atoms with Crippen molar-refractivity contribution in [2.45, 2.75) is 33.3 Å². The Kier molecular flexibility index (Phi) is 3.43. The molecule has 0 spiro atoms. The summed E-state index contributed by atoms with van der Waals surface area (Å²) in [6, 6.07) is 1.90. The lowest BCUT2D eigenvalue weighted by molar-refractivity contribution is 0.115. The Morgan fingerprint density at radius 3 is 2.77 bits per heavy atom. The van der Waals surface area contributed by atoms with Crippen LogP contribution in [0.5, 0.6) is 0 Å². The lowest BCUT2D eigenvalue weighted by Gasteiger charge is -2.18. The Morgan fingerprint density at radius 2 is 2.23 bits per heavy atom. The van der Waals surface area contributed by atoms with E-state index in [1.165, 1.54) is 0 Å². The van der Waals surface area contributed by atoms with Crippen molar-refractivity contribution in [3.8, 4) is 0 Å². The molecule has 1 rings (SSSR count). The number of aliphatic hydroxyl groups is 1. The number of hydrogen-bond acceptors (Lipinski definition) is 2. The molecule has 1 aromatic heterocycles. The molecule has 0 aliphatic carbocycles. The van der Waals surface area contributed by atoms with Gasteiger partial charge in [-0.05, 0) is 30.0 Å². The van der Waals surface area contributed by atoms with Crippen molar-refractivity contribution in [2.24, 2.45) is 5.92 Å². The number of aromatic nitrogens is 1. The van der Waals surface area contributed by atoms with Gasteiger partial charge in [0, 0.05) is 12.4 Å². The first-order chi connectivity index (χ1) is 6.16. The van der Waals surface area contributed by atoms with Crippen molar-refractivity contribution >= 4 is 0 Å². The van der Waals surface area contributed by atoms with Crippen molar-refractivity contribution in [3.05, 3.63) is 29.6 Å². The molecule has 2 atom stereocenters. The van der Waals surface area contributed by atoms with Gasteiger partial charge in [0.15, 0.2) is 0 Å². The fourth-order valence-electron chi connectivity index (χ4n) is 1.35. The molecule has 0 bridgehead atoms. The molecule has 1 aromatic rings. The lowest BCUT2D eigenvalue weighted by Crippen LogP contribution is -2.09. The third-order valence-corrected chi connectivity index (χ3v) is 2.57. The maximum absolute atomic E-state index is 9.94. The first kappa shape index (κ1) is 10.2. The highest BCUT2D eigenvalue weighted by molar-refractivity contribution is 5.24. The summed E-state index contributed by atoms with van der Waals surface area (Å²) in [5.41, 5.74) is 2.07. The zero-order valence-corrected chi connectivity index (χ0v) is 8.49. The van der Waals surface area contributed by atoms with Gasteiger partial charge in [-0.15, -0.1) is 0 Å². The van der Waals surface area contributed by atoms with E-state index in [9.17, 15) is 5.11 Å². The largest absolute Gasteiger partial charge is 0.388 e. The average molecular weight is 179 g/mol. The minimum Gasteiger partial charge on any atom is -0.388 e. The molecule has 2 nitrogen and oxygen atoms in total. The van der Waals surface area contributed by atoms with E-state index in [2.05, 4.69) is 18.8 Å². The molecule has 2 unspecified atom stereocenters. The molecule has 0 saturated carbocycles. The topological polar surface area (TPSA) is 33.1 Å². The molecule has 0 radical (unpaired) electrons. The molecule has 0 aliphatic heterocycles. The Bertz CT molecular complexity index is 273. The van der Waals surface area contributed by atoms with Crippen LogP contribution in [0, 0.1) is 12.8 Å². The summed E-state index contributed by atoms with van der Waals surface area (Å²) < 4.78 is 0. The predicted octanol–water partition coefficient (Wildman–Crippen LogP) is 2.47. The van der Waals surface area contributed by atoms with Gasteiger partial charge in [0.05, 0.1) is 6.10 Å². The van der Waals surface area contributed by atoms with Crippen LogP contribution in [0.1, 0.15) is 37.5 Å². The smallest absolute Gasteiger partial charge is 0.0819 e. The van der Waals surface area contributed by atoms with Crippen molar-refractivity contribution in [1.29, 1.82) is 0 Å². The summed E-state index contributed by atoms with van der Waals surface area (Å²) in [4.78, 5) is 4.00. The standard InChI is InChI=1S/C11H17NO/c1-4-8(2)11(13)10-5-6-12-7-9(10)3/h5-8,11,13H,4H2,1-3H3. The normalized spacial score (nSPS) is 15.4. The van der Waals surface area contributed by atoms with E-state index < -0.39 is 0 Å². The second-order valence-corrected chi connectivity index (χ2v) is 3.56. The summed E-state index contributed by atoms with van der Waals surface area (Å²) in [7, 11) is 0. The molecule has 0 fully saturated rings. The van der Waals surface area contributed by atoms with Gasteiger partial charge in [-0.25, -0.2) is 0 Å². The molecule has 72 valence electrons. The van der Waals surface area contributed by atoms with E-state index >= 15 is 0 Å². The molecule has 13 heavy (non-hydrogen) atoms. The van der Waals surface area contributed by atoms with Gasteiger partial charge < -0.3 is 5.11 Å². The van der Waals surface area contributed by atoms with Gasteiger partial charge in [0.1, 0.15) is 0 Å². The summed E-state index contributed by atoms with van der Waals surface area (Å²) in [5, 5.41) is 9.94. The first-order valence-electron chi connectivity index (χ1n) is 4.75. The second-order valence-electron chi connectivity index (χ2n) is 3.56. The number of pyridine rings is 1. The van der Waals surface area contributed by atoms with E-state index in [1.807, 2.05) is 13.0 Å². The highest BCUT2D eigenvalue weighted by Crippen LogP contribution is 2.25. The van der Waals surface area contributed by atoms with E-state index in [0.29, 0.717) is 5.92 Å². The summed E-state index contributed by atoms with van der Waals surface area (Å²) in [6.07, 6.45) is 4.16. The number of aliphatic hydroxyl groups excluding tert-OH is 1. The van der Waals surface area contributed by atoms with Crippen LogP contribution < -0.4 is 0 Å². The van der Waals surface area contributed by atoms with Gasteiger partial charge in [-0.3, -0.25) is 4.98 Å². The predicted molar refractivity (Wildman–Crippen MR) is 53.4 cm³/mol. The van der Waals surface area contributed by atoms with Gasteiger partial charge in [0.25, 0.3) is 0 Å². The second kappa shape index (κ2) is 4.38. The SMILES string of the molecule is CCC(C)C(O)c1ccncc1C. The Labute approximate surface area is 79.6 Å². The molecule has 0 aromatic carbocycles.